The summed E-state index contributed by atoms with van der Waals surface area (Å²) < 4.78 is 12.4. The van der Waals surface area contributed by atoms with Gasteiger partial charge < -0.3 is 9.47 Å². The number of para-hydroxylation sites is 1. The minimum absolute atomic E-state index is 0.0206. The summed E-state index contributed by atoms with van der Waals surface area (Å²) >= 11 is 3.40. The van der Waals surface area contributed by atoms with Gasteiger partial charge in [0.2, 0.25) is 17.7 Å². The number of fused-ring (bicyclic) bond motifs is 2. The number of Topliss-reactive ketones (excluding diaryl/α,β-unsaturated/α-hetero) is 1. The second-order valence-corrected chi connectivity index (χ2v) is 6.00. The lowest BCUT2D eigenvalue weighted by atomic mass is 9.89. The van der Waals surface area contributed by atoms with Gasteiger partial charge in [0, 0.05) is 10.9 Å². The third-order valence-corrected chi connectivity index (χ3v) is 4.30. The summed E-state index contributed by atoms with van der Waals surface area (Å²) in [6.07, 6.45) is 0.0894. The fourth-order valence-corrected chi connectivity index (χ4v) is 2.91. The third-order valence-electron chi connectivity index (χ3n) is 3.77. The van der Waals surface area contributed by atoms with E-state index in [0.717, 1.165) is 10.0 Å². The number of carbonyl (C=O) groups is 1. The predicted octanol–water partition coefficient (Wildman–Crippen LogP) is 3.36. The second-order valence-electron chi connectivity index (χ2n) is 5.09. The van der Waals surface area contributed by atoms with Gasteiger partial charge in [-0.05, 0) is 29.8 Å². The van der Waals surface area contributed by atoms with Crippen LogP contribution < -0.4 is 4.74 Å². The molecule has 100 valence electrons. The van der Waals surface area contributed by atoms with Gasteiger partial charge in [0.1, 0.15) is 5.75 Å². The predicted molar refractivity (Wildman–Crippen MR) is 76.9 cm³/mol. The number of ether oxygens (including phenoxy) is 2. The van der Waals surface area contributed by atoms with Crippen LogP contribution in [0, 0.1) is 0 Å². The zero-order valence-electron chi connectivity index (χ0n) is 10.5. The molecule has 0 radical (unpaired) electrons. The van der Waals surface area contributed by atoms with Crippen molar-refractivity contribution in [2.24, 2.45) is 0 Å². The number of hydrogen-bond acceptors (Lipinski definition) is 3. The molecule has 4 heteroatoms. The standard InChI is InChI=1S/C16H11BrO3/c17-11-7-5-10(6-8-11)9-16-14(18)12-3-1-2-4-13(12)19-15(16)20-16/h1-8,15H,9H2/t15-,16-/m0/s1. The van der Waals surface area contributed by atoms with Gasteiger partial charge in [-0.25, -0.2) is 0 Å². The van der Waals surface area contributed by atoms with E-state index in [4.69, 9.17) is 9.47 Å². The zero-order valence-corrected chi connectivity index (χ0v) is 12.1. The van der Waals surface area contributed by atoms with Crippen molar-refractivity contribution in [1.82, 2.24) is 0 Å². The molecule has 2 aromatic rings. The molecular formula is C16H11BrO3. The van der Waals surface area contributed by atoms with E-state index in [-0.39, 0.29) is 5.78 Å². The summed E-state index contributed by atoms with van der Waals surface area (Å²) in [4.78, 5) is 12.6. The summed E-state index contributed by atoms with van der Waals surface area (Å²) in [5, 5.41) is 0. The van der Waals surface area contributed by atoms with Gasteiger partial charge in [-0.3, -0.25) is 4.79 Å². The van der Waals surface area contributed by atoms with Crippen LogP contribution in [-0.4, -0.2) is 17.7 Å². The molecule has 20 heavy (non-hydrogen) atoms. The largest absolute Gasteiger partial charge is 0.460 e. The maximum Gasteiger partial charge on any atom is 0.238 e. The smallest absolute Gasteiger partial charge is 0.238 e. The Morgan fingerprint density at radius 2 is 1.85 bits per heavy atom. The highest BCUT2D eigenvalue weighted by atomic mass is 79.9. The molecule has 0 spiro atoms. The Morgan fingerprint density at radius 3 is 2.65 bits per heavy atom. The van der Waals surface area contributed by atoms with Crippen LogP contribution in [0.1, 0.15) is 15.9 Å². The molecule has 1 fully saturated rings. The van der Waals surface area contributed by atoms with Gasteiger partial charge in [0.05, 0.1) is 5.56 Å². The van der Waals surface area contributed by atoms with Crippen molar-refractivity contribution < 1.29 is 14.3 Å². The number of epoxide rings is 1. The van der Waals surface area contributed by atoms with E-state index < -0.39 is 11.9 Å². The average molecular weight is 331 g/mol. The molecular weight excluding hydrogens is 320 g/mol. The Bertz CT molecular complexity index is 695. The van der Waals surface area contributed by atoms with E-state index in [1.807, 2.05) is 36.4 Å². The van der Waals surface area contributed by atoms with Gasteiger partial charge in [-0.2, -0.15) is 0 Å². The lowest BCUT2D eigenvalue weighted by molar-refractivity contribution is 0.0864. The maximum absolute atomic E-state index is 12.6. The van der Waals surface area contributed by atoms with Crippen molar-refractivity contribution in [3.8, 4) is 5.75 Å². The topological polar surface area (TPSA) is 38.8 Å². The summed E-state index contributed by atoms with van der Waals surface area (Å²) in [6, 6.07) is 15.2. The lowest BCUT2D eigenvalue weighted by Gasteiger charge is -2.19. The number of ketones is 1. The maximum atomic E-state index is 12.6. The summed E-state index contributed by atoms with van der Waals surface area (Å²) in [7, 11) is 0. The highest BCUT2D eigenvalue weighted by Gasteiger charge is 2.67. The molecule has 0 unspecified atom stereocenters. The minimum Gasteiger partial charge on any atom is -0.460 e. The highest BCUT2D eigenvalue weighted by Crippen LogP contribution is 2.48. The first-order chi connectivity index (χ1) is 9.69. The van der Waals surface area contributed by atoms with E-state index in [1.165, 1.54) is 0 Å². The molecule has 0 aliphatic carbocycles. The fourth-order valence-electron chi connectivity index (χ4n) is 2.65. The fraction of sp³-hybridized carbons (Fsp3) is 0.188. The van der Waals surface area contributed by atoms with E-state index in [9.17, 15) is 4.79 Å². The summed E-state index contributed by atoms with van der Waals surface area (Å²) in [5.41, 5.74) is 0.840. The van der Waals surface area contributed by atoms with Crippen molar-refractivity contribution in [2.45, 2.75) is 18.3 Å². The first-order valence-corrected chi connectivity index (χ1v) is 7.21. The molecule has 2 heterocycles. The summed E-state index contributed by atoms with van der Waals surface area (Å²) in [5.74, 6) is 0.638. The van der Waals surface area contributed by atoms with Crippen molar-refractivity contribution in [2.75, 3.05) is 0 Å². The Labute approximate surface area is 124 Å². The van der Waals surface area contributed by atoms with Crippen LogP contribution in [-0.2, 0) is 11.2 Å². The molecule has 0 bridgehead atoms. The number of hydrogen-bond donors (Lipinski definition) is 0. The van der Waals surface area contributed by atoms with Crippen LogP contribution in [0.15, 0.2) is 53.0 Å². The Kier molecular flexibility index (Phi) is 2.53. The zero-order chi connectivity index (χ0) is 13.7. The molecule has 0 N–H and O–H groups in total. The quantitative estimate of drug-likeness (QED) is 0.792. The molecule has 3 nitrogen and oxygen atoms in total. The number of rotatable bonds is 2. The van der Waals surface area contributed by atoms with Gasteiger partial charge >= 0.3 is 0 Å². The normalized spacial score (nSPS) is 26.4. The Balaban J connectivity index is 1.67. The van der Waals surface area contributed by atoms with Crippen molar-refractivity contribution >= 4 is 21.7 Å². The molecule has 4 rings (SSSR count). The summed E-state index contributed by atoms with van der Waals surface area (Å²) in [6.45, 7) is 0. The Hall–Kier alpha value is -1.65. The monoisotopic (exact) mass is 330 g/mol. The van der Waals surface area contributed by atoms with Crippen molar-refractivity contribution in [1.29, 1.82) is 0 Å². The molecule has 2 aliphatic rings. The molecule has 0 amide bonds. The van der Waals surface area contributed by atoms with Crippen LogP contribution in [0.4, 0.5) is 0 Å². The van der Waals surface area contributed by atoms with Crippen LogP contribution in [0.3, 0.4) is 0 Å². The molecule has 2 atom stereocenters. The van der Waals surface area contributed by atoms with E-state index in [1.54, 1.807) is 12.1 Å². The van der Waals surface area contributed by atoms with E-state index >= 15 is 0 Å². The van der Waals surface area contributed by atoms with Gasteiger partial charge in [0.25, 0.3) is 0 Å². The van der Waals surface area contributed by atoms with Gasteiger partial charge in [-0.1, -0.05) is 40.2 Å². The van der Waals surface area contributed by atoms with E-state index in [2.05, 4.69) is 15.9 Å². The first-order valence-electron chi connectivity index (χ1n) is 6.42. The highest BCUT2D eigenvalue weighted by molar-refractivity contribution is 9.10. The van der Waals surface area contributed by atoms with Crippen LogP contribution >= 0.6 is 15.9 Å². The number of carbonyl (C=O) groups excluding carboxylic acids is 1. The number of halogens is 1. The molecule has 2 aliphatic heterocycles. The van der Waals surface area contributed by atoms with Gasteiger partial charge in [0.15, 0.2) is 0 Å². The van der Waals surface area contributed by atoms with E-state index in [0.29, 0.717) is 17.7 Å². The van der Waals surface area contributed by atoms with Crippen molar-refractivity contribution in [3.63, 3.8) is 0 Å². The molecule has 1 saturated heterocycles. The van der Waals surface area contributed by atoms with Crippen molar-refractivity contribution in [3.05, 3.63) is 64.1 Å². The first kappa shape index (κ1) is 12.1. The minimum atomic E-state index is -0.831. The van der Waals surface area contributed by atoms with Crippen LogP contribution in [0.5, 0.6) is 5.75 Å². The molecule has 0 aromatic heterocycles. The molecule has 2 aromatic carbocycles. The molecule has 0 saturated carbocycles. The SMILES string of the molecule is O=C1c2ccccc2O[C@H]2O[C@@]12Cc1ccc(Br)cc1. The Morgan fingerprint density at radius 1 is 1.10 bits per heavy atom. The van der Waals surface area contributed by atoms with Crippen LogP contribution in [0.25, 0.3) is 0 Å². The van der Waals surface area contributed by atoms with Gasteiger partial charge in [-0.15, -0.1) is 0 Å². The van der Waals surface area contributed by atoms with Crippen LogP contribution in [0.2, 0.25) is 0 Å². The third kappa shape index (κ3) is 1.72. The second kappa shape index (κ2) is 4.17. The average Bonchev–Trinajstić information content (AvgIpc) is 3.16. The lowest BCUT2D eigenvalue weighted by Crippen LogP contribution is -2.35. The number of benzene rings is 2.